The number of aromatic nitrogens is 1. The van der Waals surface area contributed by atoms with Gasteiger partial charge in [-0.1, -0.05) is 67.7 Å². The van der Waals surface area contributed by atoms with Gasteiger partial charge >= 0.3 is 0 Å². The van der Waals surface area contributed by atoms with Gasteiger partial charge in [-0.15, -0.1) is 0 Å². The fourth-order valence-corrected chi connectivity index (χ4v) is 3.42. The highest BCUT2D eigenvalue weighted by Crippen LogP contribution is 2.23. The molecule has 3 nitrogen and oxygen atoms in total. The van der Waals surface area contributed by atoms with Crippen LogP contribution in [0.5, 0.6) is 0 Å². The summed E-state index contributed by atoms with van der Waals surface area (Å²) in [5.74, 6) is 0.141. The highest BCUT2D eigenvalue weighted by Gasteiger charge is 2.24. The molecule has 0 atom stereocenters. The molecule has 0 aliphatic heterocycles. The second-order valence-electron chi connectivity index (χ2n) is 6.75. The van der Waals surface area contributed by atoms with Gasteiger partial charge in [0.05, 0.1) is 0 Å². The van der Waals surface area contributed by atoms with Gasteiger partial charge in [-0.3, -0.25) is 0 Å². The van der Waals surface area contributed by atoms with Gasteiger partial charge in [0.2, 0.25) is 0 Å². The maximum absolute atomic E-state index is 11.1. The van der Waals surface area contributed by atoms with E-state index < -0.39 is 0 Å². The van der Waals surface area contributed by atoms with Crippen molar-refractivity contribution >= 4 is 34.3 Å². The lowest BCUT2D eigenvalue weighted by molar-refractivity contribution is -0.575. The van der Waals surface area contributed by atoms with E-state index in [-0.39, 0.29) is 5.76 Å². The normalized spacial score (nSPS) is 11.7. The maximum atomic E-state index is 11.1. The maximum Gasteiger partial charge on any atom is 0.288 e. The Morgan fingerprint density at radius 2 is 1.54 bits per heavy atom. The number of rotatable bonds is 5. The number of nitrogens with zero attached hydrogens (tertiary/aromatic N) is 1. The van der Waals surface area contributed by atoms with Gasteiger partial charge in [0.1, 0.15) is 0 Å². The minimum Gasteiger partial charge on any atom is -0.502 e. The van der Waals surface area contributed by atoms with E-state index in [1.807, 2.05) is 91.5 Å². The van der Waals surface area contributed by atoms with E-state index in [9.17, 15) is 5.11 Å². The summed E-state index contributed by atoms with van der Waals surface area (Å²) in [7, 11) is 0. The summed E-state index contributed by atoms with van der Waals surface area (Å²) in [6.07, 6.45) is 4.72. The van der Waals surface area contributed by atoms with Gasteiger partial charge in [-0.25, -0.2) is 0 Å². The predicted octanol–water partition coefficient (Wildman–Crippen LogP) is 5.48. The lowest BCUT2D eigenvalue weighted by atomic mass is 10.1. The number of hydrogen-bond donors (Lipinski definition) is 2. The van der Waals surface area contributed by atoms with E-state index >= 15 is 0 Å². The molecule has 2 aromatic carbocycles. The van der Waals surface area contributed by atoms with E-state index in [0.717, 1.165) is 28.8 Å². The summed E-state index contributed by atoms with van der Waals surface area (Å²) in [5.41, 5.74) is 5.67. The fourth-order valence-electron chi connectivity index (χ4n) is 3.11. The Labute approximate surface area is 172 Å². The number of aliphatic hydroxyl groups is 1. The Hall–Kier alpha value is -2.98. The second kappa shape index (κ2) is 8.81. The number of aliphatic hydroxyl groups excluding tert-OH is 1. The third kappa shape index (κ3) is 4.29. The van der Waals surface area contributed by atoms with Crippen LogP contribution in [0, 0.1) is 13.8 Å². The van der Waals surface area contributed by atoms with Crippen molar-refractivity contribution in [2.45, 2.75) is 27.2 Å². The third-order valence-electron chi connectivity index (χ3n) is 4.77. The van der Waals surface area contributed by atoms with Gasteiger partial charge in [0.25, 0.3) is 5.70 Å². The van der Waals surface area contributed by atoms with Crippen LogP contribution in [0.1, 0.15) is 29.2 Å². The molecule has 0 fully saturated rings. The first-order valence-corrected chi connectivity index (χ1v) is 9.79. The highest BCUT2D eigenvalue weighted by atomic mass is 32.1. The van der Waals surface area contributed by atoms with Gasteiger partial charge in [0.15, 0.2) is 23.1 Å². The molecule has 0 amide bonds. The van der Waals surface area contributed by atoms with E-state index in [1.165, 1.54) is 5.56 Å². The van der Waals surface area contributed by atoms with Crippen LogP contribution in [-0.4, -0.2) is 10.1 Å². The molecule has 2 N–H and O–H groups in total. The monoisotopic (exact) mass is 389 g/mol. The zero-order chi connectivity index (χ0) is 20.1. The molecular weight excluding hydrogens is 364 g/mol. The Morgan fingerprint density at radius 3 is 2.11 bits per heavy atom. The summed E-state index contributed by atoms with van der Waals surface area (Å²) >= 11 is 5.73. The van der Waals surface area contributed by atoms with Crippen LogP contribution in [0.2, 0.25) is 0 Å². The zero-order valence-electron chi connectivity index (χ0n) is 16.4. The fraction of sp³-hybridized carbons (Fsp3) is 0.167. The molecule has 0 saturated heterocycles. The second-order valence-corrected chi connectivity index (χ2v) is 7.16. The number of anilines is 1. The van der Waals surface area contributed by atoms with Gasteiger partial charge < -0.3 is 10.4 Å². The topological polar surface area (TPSA) is 36.1 Å². The number of hydrogen-bond acceptors (Lipinski definition) is 2. The van der Waals surface area contributed by atoms with Crippen molar-refractivity contribution in [3.63, 3.8) is 0 Å². The van der Waals surface area contributed by atoms with Crippen molar-refractivity contribution in [1.29, 1.82) is 0 Å². The number of thiocarbonyl (C=S) groups is 1. The Kier molecular flexibility index (Phi) is 6.22. The Balaban J connectivity index is 2.07. The molecule has 28 heavy (non-hydrogen) atoms. The molecule has 1 heterocycles. The van der Waals surface area contributed by atoms with E-state index in [4.69, 9.17) is 12.2 Å². The van der Waals surface area contributed by atoms with E-state index in [2.05, 4.69) is 12.2 Å². The summed E-state index contributed by atoms with van der Waals surface area (Å²) in [6, 6.07) is 19.8. The van der Waals surface area contributed by atoms with E-state index in [1.54, 1.807) is 0 Å². The number of para-hydroxylation sites is 1. The average molecular weight is 390 g/mol. The first-order valence-electron chi connectivity index (χ1n) is 9.38. The summed E-state index contributed by atoms with van der Waals surface area (Å²) in [4.78, 5) is 0.464. The van der Waals surface area contributed by atoms with Gasteiger partial charge in [-0.2, -0.15) is 4.57 Å². The number of nitrogens with one attached hydrogen (secondary N) is 1. The molecule has 0 aliphatic rings. The van der Waals surface area contributed by atoms with Crippen LogP contribution in [0.4, 0.5) is 5.69 Å². The summed E-state index contributed by atoms with van der Waals surface area (Å²) in [5, 5.41) is 14.5. The van der Waals surface area contributed by atoms with Crippen molar-refractivity contribution in [1.82, 2.24) is 0 Å². The first kappa shape index (κ1) is 19.8. The van der Waals surface area contributed by atoms with Crippen molar-refractivity contribution in [3.8, 4) is 0 Å². The SMILES string of the molecule is CCc1ccc(C(O)=C(C(=S)Nc2c(C)cccc2C)[n+]2ccccc2)cc1. The molecule has 0 radical (unpaired) electrons. The van der Waals surface area contributed by atoms with Crippen molar-refractivity contribution in [2.75, 3.05) is 5.32 Å². The van der Waals surface area contributed by atoms with Crippen LogP contribution >= 0.6 is 12.2 Å². The molecule has 0 aliphatic carbocycles. The quantitative estimate of drug-likeness (QED) is 0.263. The molecule has 3 rings (SSSR count). The molecule has 4 heteroatoms. The van der Waals surface area contributed by atoms with Crippen LogP contribution in [0.25, 0.3) is 11.5 Å². The zero-order valence-corrected chi connectivity index (χ0v) is 17.3. The smallest absolute Gasteiger partial charge is 0.288 e. The van der Waals surface area contributed by atoms with Crippen molar-refractivity contribution in [2.24, 2.45) is 0 Å². The first-order chi connectivity index (χ1) is 13.5. The lowest BCUT2D eigenvalue weighted by Crippen LogP contribution is -2.38. The molecule has 142 valence electrons. The van der Waals surface area contributed by atoms with Gasteiger partial charge in [0, 0.05) is 23.4 Å². The minimum absolute atomic E-state index is 0.141. The standard InChI is InChI=1S/C24H24N2OS/c1-4-19-11-13-20(14-12-19)23(27)22(26-15-6-5-7-16-26)24(28)25-21-17(2)9-8-10-18(21)3/h5-16H,4H2,1-3H3,(H-,25,27,28)/p+1. The van der Waals surface area contributed by atoms with E-state index in [0.29, 0.717) is 10.7 Å². The van der Waals surface area contributed by atoms with Crippen LogP contribution in [0.15, 0.2) is 73.1 Å². The van der Waals surface area contributed by atoms with Crippen molar-refractivity contribution in [3.05, 3.63) is 95.3 Å². The predicted molar refractivity (Wildman–Crippen MR) is 120 cm³/mol. The lowest BCUT2D eigenvalue weighted by Gasteiger charge is -2.14. The largest absolute Gasteiger partial charge is 0.502 e. The molecule has 0 spiro atoms. The minimum atomic E-state index is 0.141. The third-order valence-corrected chi connectivity index (χ3v) is 5.06. The molecule has 1 aromatic heterocycles. The molecular formula is C24H25N2OS+. The Morgan fingerprint density at radius 1 is 0.929 bits per heavy atom. The van der Waals surface area contributed by atoms with Crippen LogP contribution in [-0.2, 0) is 6.42 Å². The average Bonchev–Trinajstić information content (AvgIpc) is 2.72. The Bertz CT molecular complexity index is 988. The van der Waals surface area contributed by atoms with Gasteiger partial charge in [-0.05, 0) is 37.0 Å². The molecule has 0 saturated carbocycles. The van der Waals surface area contributed by atoms with Crippen molar-refractivity contribution < 1.29 is 9.67 Å². The number of pyridine rings is 1. The number of aryl methyl sites for hydroxylation is 3. The summed E-state index contributed by atoms with van der Waals surface area (Å²) in [6.45, 7) is 6.19. The molecule has 0 unspecified atom stereocenters. The molecule has 0 bridgehead atoms. The highest BCUT2D eigenvalue weighted by molar-refractivity contribution is 7.81. The number of benzene rings is 2. The van der Waals surface area contributed by atoms with Crippen LogP contribution in [0.3, 0.4) is 0 Å². The summed E-state index contributed by atoms with van der Waals surface area (Å²) < 4.78 is 1.84. The van der Waals surface area contributed by atoms with Crippen LogP contribution < -0.4 is 9.88 Å². The molecule has 3 aromatic rings.